The molecular formula is C12H20N4O. The first kappa shape index (κ1) is 12.0. The zero-order valence-corrected chi connectivity index (χ0v) is 10.2. The average Bonchev–Trinajstić information content (AvgIpc) is 2.68. The Morgan fingerprint density at radius 2 is 2.35 bits per heavy atom. The molecule has 1 aromatic heterocycles. The smallest absolute Gasteiger partial charge is 0.239 e. The summed E-state index contributed by atoms with van der Waals surface area (Å²) in [6.07, 6.45) is 8.71. The van der Waals surface area contributed by atoms with Gasteiger partial charge in [-0.15, -0.1) is 0 Å². The second kappa shape index (κ2) is 5.21. The highest BCUT2D eigenvalue weighted by Crippen LogP contribution is 2.26. The number of rotatable bonds is 4. The molecule has 1 fully saturated rings. The molecule has 0 saturated heterocycles. The Hall–Kier alpha value is -1.52. The number of primary amides is 1. The fourth-order valence-corrected chi connectivity index (χ4v) is 2.43. The second-order valence-electron chi connectivity index (χ2n) is 4.91. The fourth-order valence-electron chi connectivity index (χ4n) is 2.43. The number of aromatic nitrogens is 2. The van der Waals surface area contributed by atoms with Crippen LogP contribution < -0.4 is 11.1 Å². The highest BCUT2D eigenvalue weighted by molar-refractivity contribution is 5.73. The van der Waals surface area contributed by atoms with Gasteiger partial charge in [-0.1, -0.05) is 19.8 Å². The summed E-state index contributed by atoms with van der Waals surface area (Å²) >= 11 is 0. The summed E-state index contributed by atoms with van der Waals surface area (Å²) in [7, 11) is 0. The van der Waals surface area contributed by atoms with E-state index in [1.807, 2.05) is 6.20 Å². The standard InChI is InChI=1S/C12H20N4O/c1-9-4-2-3-5-11(9)15-10-6-14-16(7-10)8-12(13)17/h6-7,9,11,15H,2-5,8H2,1H3,(H2,13,17). The predicted octanol–water partition coefficient (Wildman–Crippen LogP) is 1.36. The average molecular weight is 236 g/mol. The van der Waals surface area contributed by atoms with Gasteiger partial charge in [-0.05, 0) is 18.8 Å². The number of nitrogens with one attached hydrogen (secondary N) is 1. The molecule has 0 bridgehead atoms. The number of nitrogens with zero attached hydrogens (tertiary/aromatic N) is 2. The van der Waals surface area contributed by atoms with E-state index >= 15 is 0 Å². The molecule has 5 nitrogen and oxygen atoms in total. The molecule has 94 valence electrons. The molecule has 1 saturated carbocycles. The van der Waals surface area contributed by atoms with Gasteiger partial charge in [0.25, 0.3) is 0 Å². The Kier molecular flexibility index (Phi) is 3.66. The van der Waals surface area contributed by atoms with Crippen LogP contribution in [0.2, 0.25) is 0 Å². The van der Waals surface area contributed by atoms with Crippen molar-refractivity contribution < 1.29 is 4.79 Å². The van der Waals surface area contributed by atoms with Crippen molar-refractivity contribution in [2.24, 2.45) is 11.7 Å². The van der Waals surface area contributed by atoms with E-state index in [1.165, 1.54) is 25.7 Å². The van der Waals surface area contributed by atoms with Crippen LogP contribution in [0.5, 0.6) is 0 Å². The zero-order chi connectivity index (χ0) is 12.3. The number of carbonyl (C=O) groups excluding carboxylic acids is 1. The third kappa shape index (κ3) is 3.22. The Balaban J connectivity index is 1.93. The van der Waals surface area contributed by atoms with Gasteiger partial charge in [0.1, 0.15) is 6.54 Å². The molecule has 2 atom stereocenters. The quantitative estimate of drug-likeness (QED) is 0.829. The molecule has 2 rings (SSSR count). The number of carbonyl (C=O) groups is 1. The summed E-state index contributed by atoms with van der Waals surface area (Å²) in [5.41, 5.74) is 6.10. The van der Waals surface area contributed by atoms with Gasteiger partial charge in [0.05, 0.1) is 11.9 Å². The van der Waals surface area contributed by atoms with Gasteiger partial charge in [-0.25, -0.2) is 0 Å². The SMILES string of the molecule is CC1CCCCC1Nc1cnn(CC(N)=O)c1. The minimum atomic E-state index is -0.370. The molecular weight excluding hydrogens is 216 g/mol. The lowest BCUT2D eigenvalue weighted by molar-refractivity contribution is -0.118. The molecule has 0 spiro atoms. The highest BCUT2D eigenvalue weighted by Gasteiger charge is 2.21. The van der Waals surface area contributed by atoms with Gasteiger partial charge in [-0.2, -0.15) is 5.10 Å². The first-order chi connectivity index (χ1) is 8.15. The van der Waals surface area contributed by atoms with Crippen molar-refractivity contribution in [2.75, 3.05) is 5.32 Å². The van der Waals surface area contributed by atoms with Crippen molar-refractivity contribution in [1.82, 2.24) is 9.78 Å². The van der Waals surface area contributed by atoms with Crippen molar-refractivity contribution in [3.63, 3.8) is 0 Å². The number of hydrogen-bond donors (Lipinski definition) is 2. The number of anilines is 1. The van der Waals surface area contributed by atoms with Crippen molar-refractivity contribution in [3.8, 4) is 0 Å². The predicted molar refractivity (Wildman–Crippen MR) is 66.5 cm³/mol. The molecule has 0 radical (unpaired) electrons. The van der Waals surface area contributed by atoms with E-state index in [1.54, 1.807) is 10.9 Å². The molecule has 0 aliphatic heterocycles. The number of hydrogen-bond acceptors (Lipinski definition) is 3. The third-order valence-electron chi connectivity index (χ3n) is 3.41. The van der Waals surface area contributed by atoms with Gasteiger partial charge in [0.2, 0.25) is 5.91 Å². The largest absolute Gasteiger partial charge is 0.380 e. The maximum Gasteiger partial charge on any atom is 0.239 e. The van der Waals surface area contributed by atoms with Crippen LogP contribution in [-0.4, -0.2) is 21.7 Å². The zero-order valence-electron chi connectivity index (χ0n) is 10.2. The molecule has 17 heavy (non-hydrogen) atoms. The van der Waals surface area contributed by atoms with E-state index in [2.05, 4.69) is 17.3 Å². The minimum absolute atomic E-state index is 0.141. The van der Waals surface area contributed by atoms with Crippen LogP contribution in [0.15, 0.2) is 12.4 Å². The van der Waals surface area contributed by atoms with E-state index in [0.29, 0.717) is 12.0 Å². The van der Waals surface area contributed by atoms with Crippen LogP contribution in [0.4, 0.5) is 5.69 Å². The van der Waals surface area contributed by atoms with Crippen molar-refractivity contribution in [1.29, 1.82) is 0 Å². The van der Waals surface area contributed by atoms with Gasteiger partial charge >= 0.3 is 0 Å². The van der Waals surface area contributed by atoms with Gasteiger partial charge in [0, 0.05) is 12.2 Å². The van der Waals surface area contributed by atoms with E-state index in [9.17, 15) is 4.79 Å². The first-order valence-corrected chi connectivity index (χ1v) is 6.22. The van der Waals surface area contributed by atoms with Crippen LogP contribution in [0.25, 0.3) is 0 Å². The number of nitrogens with two attached hydrogens (primary N) is 1. The van der Waals surface area contributed by atoms with Gasteiger partial charge < -0.3 is 11.1 Å². The third-order valence-corrected chi connectivity index (χ3v) is 3.41. The fraction of sp³-hybridized carbons (Fsp3) is 0.667. The summed E-state index contributed by atoms with van der Waals surface area (Å²) in [4.78, 5) is 10.8. The van der Waals surface area contributed by atoms with E-state index in [4.69, 9.17) is 5.73 Å². The van der Waals surface area contributed by atoms with Crippen LogP contribution in [-0.2, 0) is 11.3 Å². The molecule has 1 amide bonds. The van der Waals surface area contributed by atoms with Gasteiger partial charge in [-0.3, -0.25) is 9.48 Å². The summed E-state index contributed by atoms with van der Waals surface area (Å²) in [5, 5.41) is 7.59. The monoisotopic (exact) mass is 236 g/mol. The summed E-state index contributed by atoms with van der Waals surface area (Å²) in [6.45, 7) is 2.42. The van der Waals surface area contributed by atoms with E-state index in [-0.39, 0.29) is 12.5 Å². The van der Waals surface area contributed by atoms with Crippen LogP contribution in [0.1, 0.15) is 32.6 Å². The van der Waals surface area contributed by atoms with E-state index < -0.39 is 0 Å². The van der Waals surface area contributed by atoms with Gasteiger partial charge in [0.15, 0.2) is 0 Å². The van der Waals surface area contributed by atoms with Crippen LogP contribution in [0, 0.1) is 5.92 Å². The summed E-state index contributed by atoms with van der Waals surface area (Å²) < 4.78 is 1.57. The highest BCUT2D eigenvalue weighted by atomic mass is 16.1. The lowest BCUT2D eigenvalue weighted by Crippen LogP contribution is -2.30. The topological polar surface area (TPSA) is 72.9 Å². The van der Waals surface area contributed by atoms with Crippen molar-refractivity contribution in [3.05, 3.63) is 12.4 Å². The molecule has 1 aliphatic carbocycles. The molecule has 1 aliphatic rings. The molecule has 3 N–H and O–H groups in total. The Morgan fingerprint density at radius 1 is 1.59 bits per heavy atom. The van der Waals surface area contributed by atoms with Crippen molar-refractivity contribution in [2.45, 2.75) is 45.2 Å². The summed E-state index contributed by atoms with van der Waals surface area (Å²) in [6, 6.07) is 0.523. The number of amides is 1. The first-order valence-electron chi connectivity index (χ1n) is 6.22. The molecule has 1 heterocycles. The molecule has 1 aromatic rings. The molecule has 5 heteroatoms. The Bertz CT molecular complexity index is 388. The molecule has 2 unspecified atom stereocenters. The summed E-state index contributed by atoms with van der Waals surface area (Å²) in [5.74, 6) is 0.328. The van der Waals surface area contributed by atoms with E-state index in [0.717, 1.165) is 5.69 Å². The Morgan fingerprint density at radius 3 is 3.06 bits per heavy atom. The van der Waals surface area contributed by atoms with Crippen LogP contribution >= 0.6 is 0 Å². The lowest BCUT2D eigenvalue weighted by atomic mass is 9.86. The normalized spacial score (nSPS) is 24.5. The van der Waals surface area contributed by atoms with Crippen molar-refractivity contribution >= 4 is 11.6 Å². The molecule has 0 aromatic carbocycles. The minimum Gasteiger partial charge on any atom is -0.380 e. The van der Waals surface area contributed by atoms with Crippen LogP contribution in [0.3, 0.4) is 0 Å². The maximum absolute atomic E-state index is 10.8. The second-order valence-corrected chi connectivity index (χ2v) is 4.91. The Labute approximate surface area is 101 Å². The maximum atomic E-state index is 10.8. The lowest BCUT2D eigenvalue weighted by Gasteiger charge is -2.29.